The lowest BCUT2D eigenvalue weighted by Crippen LogP contribution is -2.50. The second-order valence-electron chi connectivity index (χ2n) is 14.6. The second-order valence-corrected chi connectivity index (χ2v) is 18.0. The minimum absolute atomic E-state index is 0.182. The van der Waals surface area contributed by atoms with E-state index in [1.807, 2.05) is 74.5 Å². The molecule has 0 saturated carbocycles. The Morgan fingerprint density at radius 1 is 0.667 bits per heavy atom. The summed E-state index contributed by atoms with van der Waals surface area (Å²) in [5, 5.41) is 11.3. The van der Waals surface area contributed by atoms with Gasteiger partial charge in [0.25, 0.3) is 12.7 Å². The zero-order valence-electron chi connectivity index (χ0n) is 34.6. The molecule has 6 rings (SSSR count). The highest BCUT2D eigenvalue weighted by Gasteiger charge is 2.41. The number of aliphatic hydroxyl groups excluding tert-OH is 1. The van der Waals surface area contributed by atoms with E-state index >= 15 is 0 Å². The first-order valence-electron chi connectivity index (χ1n) is 20.0. The van der Waals surface area contributed by atoms with Crippen LogP contribution in [0.15, 0.2) is 135 Å². The Hall–Kier alpha value is -5.26. The summed E-state index contributed by atoms with van der Waals surface area (Å²) in [5.41, 5.74) is 1.70. The maximum atomic E-state index is 13.8. The third-order valence-corrected chi connectivity index (χ3v) is 12.8. The van der Waals surface area contributed by atoms with Crippen LogP contribution in [0.1, 0.15) is 62.9 Å². The van der Waals surface area contributed by atoms with Gasteiger partial charge in [0.1, 0.15) is 12.2 Å². The van der Waals surface area contributed by atoms with E-state index in [1.165, 1.54) is 4.90 Å². The zero-order valence-corrected chi connectivity index (χ0v) is 37.8. The van der Waals surface area contributed by atoms with E-state index in [9.17, 15) is 24.3 Å². The molecule has 13 nitrogen and oxygen atoms in total. The summed E-state index contributed by atoms with van der Waals surface area (Å²) in [6.45, 7) is 11.4. The van der Waals surface area contributed by atoms with Crippen molar-refractivity contribution in [2.75, 3.05) is 26.3 Å². The maximum Gasteiger partial charge on any atom is 0.338 e. The van der Waals surface area contributed by atoms with Crippen molar-refractivity contribution in [2.24, 2.45) is 0 Å². The monoisotopic (exact) mass is 934 g/mol. The molecular weight excluding hydrogens is 888 g/mol. The highest BCUT2D eigenvalue weighted by molar-refractivity contribution is 7.18. The van der Waals surface area contributed by atoms with Crippen LogP contribution in [0.4, 0.5) is 0 Å². The van der Waals surface area contributed by atoms with Crippen LogP contribution in [0, 0.1) is 0 Å². The quantitative estimate of drug-likeness (QED) is 0.0433. The fraction of sp³-hybridized carbons (Fsp3) is 0.304. The van der Waals surface area contributed by atoms with Crippen molar-refractivity contribution in [3.05, 3.63) is 165 Å². The van der Waals surface area contributed by atoms with Gasteiger partial charge in [0.05, 0.1) is 63.2 Å². The van der Waals surface area contributed by atoms with Crippen molar-refractivity contribution in [3.63, 3.8) is 0 Å². The summed E-state index contributed by atoms with van der Waals surface area (Å²) in [5.74, 6) is -2.64. The molecule has 0 radical (unpaired) electrons. The number of thiophene rings is 2. The van der Waals surface area contributed by atoms with Crippen molar-refractivity contribution in [2.45, 2.75) is 63.4 Å². The predicted molar refractivity (Wildman–Crippen MR) is 243 cm³/mol. The molecule has 0 aliphatic carbocycles. The third-order valence-electron chi connectivity index (χ3n) is 10.2. The molecule has 17 heteroatoms. The summed E-state index contributed by atoms with van der Waals surface area (Å²) in [7, 11) is 0. The van der Waals surface area contributed by atoms with Gasteiger partial charge < -0.3 is 43.7 Å². The molecule has 0 fully saturated rings. The van der Waals surface area contributed by atoms with Gasteiger partial charge in [0.15, 0.2) is 17.7 Å². The molecule has 4 aromatic rings. The zero-order chi connectivity index (χ0) is 45.0. The number of hydrogen-bond acceptors (Lipinski definition) is 15. The average molecular weight is 936 g/mol. The SMILES string of the molecule is C=CCOC(c1ccccc1)C(C)N1C=CN(CC(=O)c2ccc(Cl)s2)C1OC(=O)CC(O)C(=O)OC1N(CC(=O)c2ccc(Cl)s2)C=CN1C(C)C(OCC=C)c1ccccc1. The smallest absolute Gasteiger partial charge is 0.338 e. The lowest BCUT2D eigenvalue weighted by Gasteiger charge is -2.39. The number of halogens is 2. The Kier molecular flexibility index (Phi) is 16.8. The lowest BCUT2D eigenvalue weighted by molar-refractivity contribution is -0.189. The van der Waals surface area contributed by atoms with Crippen LogP contribution in [0.2, 0.25) is 8.67 Å². The Morgan fingerprint density at radius 2 is 1.10 bits per heavy atom. The molecule has 2 aliphatic heterocycles. The van der Waals surface area contributed by atoms with Crippen molar-refractivity contribution in [1.82, 2.24) is 19.6 Å². The van der Waals surface area contributed by atoms with Crippen LogP contribution < -0.4 is 0 Å². The van der Waals surface area contributed by atoms with Crippen LogP contribution >= 0.6 is 45.9 Å². The first-order valence-corrected chi connectivity index (χ1v) is 22.4. The molecule has 332 valence electrons. The number of ether oxygens (including phenoxy) is 4. The maximum absolute atomic E-state index is 13.8. The highest BCUT2D eigenvalue weighted by atomic mass is 35.5. The lowest BCUT2D eigenvalue weighted by atomic mass is 10.0. The Bertz CT molecular complexity index is 2270. The van der Waals surface area contributed by atoms with Crippen LogP contribution in [-0.4, -0.2) is 105 Å². The minimum atomic E-state index is -1.98. The number of rotatable bonds is 23. The standard InChI is InChI=1S/C46H48Cl2N4O9S2/c1-5-25-58-42(32-13-9-7-10-14-32)30(3)51-23-21-49(28-35(54)37-17-19-39(47)62-37)45(51)60-41(56)27-34(53)44(57)61-46-50(29-36(55)38-18-20-40(48)63-38)22-24-52(46)31(4)43(59-26-6-2)33-15-11-8-12-16-33/h5-24,30-31,34,42-43,45-46,53H,1-2,25-29H2,3-4H3. The molecule has 1 N–H and O–H groups in total. The minimum Gasteiger partial charge on any atom is -0.422 e. The van der Waals surface area contributed by atoms with E-state index < -0.39 is 61.5 Å². The Labute approximate surface area is 384 Å². The number of aliphatic hydroxyl groups is 1. The molecule has 2 aromatic carbocycles. The second kappa shape index (κ2) is 22.4. The molecule has 0 bridgehead atoms. The van der Waals surface area contributed by atoms with Crippen LogP contribution in [-0.2, 0) is 28.5 Å². The number of ketones is 2. The van der Waals surface area contributed by atoms with Gasteiger partial charge in [-0.3, -0.25) is 14.4 Å². The Balaban J connectivity index is 1.20. The molecule has 7 unspecified atom stereocenters. The largest absolute Gasteiger partial charge is 0.422 e. The van der Waals surface area contributed by atoms with Gasteiger partial charge in [-0.05, 0) is 49.2 Å². The third kappa shape index (κ3) is 12.1. The fourth-order valence-corrected chi connectivity index (χ4v) is 9.08. The van der Waals surface area contributed by atoms with Gasteiger partial charge in [-0.15, -0.1) is 35.8 Å². The van der Waals surface area contributed by atoms with E-state index in [-0.39, 0.29) is 37.9 Å². The summed E-state index contributed by atoms with van der Waals surface area (Å²) in [4.78, 5) is 61.8. The van der Waals surface area contributed by atoms with Crippen LogP contribution in [0.3, 0.4) is 0 Å². The molecule has 0 spiro atoms. The number of carbonyl (C=O) groups is 4. The summed E-state index contributed by atoms with van der Waals surface area (Å²) >= 11 is 14.5. The van der Waals surface area contributed by atoms with Crippen molar-refractivity contribution in [1.29, 1.82) is 0 Å². The summed E-state index contributed by atoms with van der Waals surface area (Å²) in [6.07, 6.45) is 3.62. The van der Waals surface area contributed by atoms with Gasteiger partial charge in [-0.1, -0.05) is 96.0 Å². The van der Waals surface area contributed by atoms with Gasteiger partial charge in [-0.2, -0.15) is 0 Å². The number of carbonyl (C=O) groups excluding carboxylic acids is 4. The number of nitrogens with zero attached hydrogens (tertiary/aromatic N) is 4. The number of esters is 2. The predicted octanol–water partition coefficient (Wildman–Crippen LogP) is 8.43. The van der Waals surface area contributed by atoms with Crippen molar-refractivity contribution >= 4 is 69.4 Å². The highest BCUT2D eigenvalue weighted by Crippen LogP contribution is 2.34. The van der Waals surface area contributed by atoms with Gasteiger partial charge in [0, 0.05) is 24.8 Å². The normalized spacial score (nSPS) is 18.2. The molecule has 63 heavy (non-hydrogen) atoms. The van der Waals surface area contributed by atoms with Gasteiger partial charge in [-0.25, -0.2) is 4.79 Å². The number of Topliss-reactive ketones (excluding diaryl/α,β-unsaturated/α-hetero) is 2. The molecule has 2 aliphatic rings. The first-order chi connectivity index (χ1) is 30.4. The van der Waals surface area contributed by atoms with Gasteiger partial charge in [0.2, 0.25) is 0 Å². The van der Waals surface area contributed by atoms with Crippen LogP contribution in [0.5, 0.6) is 0 Å². The number of benzene rings is 2. The van der Waals surface area contributed by atoms with E-state index in [2.05, 4.69) is 13.2 Å². The van der Waals surface area contributed by atoms with Crippen LogP contribution in [0.25, 0.3) is 0 Å². The topological polar surface area (TPSA) is 138 Å². The van der Waals surface area contributed by atoms with E-state index in [1.54, 1.807) is 75.9 Å². The number of hydrogen-bond donors (Lipinski definition) is 1. The van der Waals surface area contributed by atoms with Crippen molar-refractivity contribution < 1.29 is 43.2 Å². The summed E-state index contributed by atoms with van der Waals surface area (Å²) in [6, 6.07) is 24.5. The van der Waals surface area contributed by atoms with E-state index in [0.717, 1.165) is 33.8 Å². The first kappa shape index (κ1) is 47.2. The fourth-order valence-electron chi connectivity index (χ4n) is 7.13. The Morgan fingerprint density at radius 3 is 1.49 bits per heavy atom. The van der Waals surface area contributed by atoms with E-state index in [4.69, 9.17) is 42.1 Å². The summed E-state index contributed by atoms with van der Waals surface area (Å²) < 4.78 is 25.3. The average Bonchev–Trinajstić information content (AvgIpc) is 4.10. The molecular formula is C46H48Cl2N4O9S2. The molecule has 0 amide bonds. The van der Waals surface area contributed by atoms with Crippen molar-refractivity contribution in [3.8, 4) is 0 Å². The van der Waals surface area contributed by atoms with Gasteiger partial charge >= 0.3 is 11.9 Å². The molecule has 4 heterocycles. The molecule has 0 saturated heterocycles. The molecule has 7 atom stereocenters. The van der Waals surface area contributed by atoms with E-state index in [0.29, 0.717) is 18.4 Å². The molecule has 2 aromatic heterocycles.